The number of hydrogen-bond acceptors (Lipinski definition) is 6. The van der Waals surface area contributed by atoms with Crippen LogP contribution in [0.15, 0.2) is 36.4 Å². The molecular formula is C21H17F2N3O3S. The summed E-state index contributed by atoms with van der Waals surface area (Å²) in [6.45, 7) is 1.14. The smallest absolute Gasteiger partial charge is 0.303 e. The quantitative estimate of drug-likeness (QED) is 0.557. The van der Waals surface area contributed by atoms with Crippen LogP contribution in [0, 0.1) is 18.3 Å². The van der Waals surface area contributed by atoms with Gasteiger partial charge in [-0.3, -0.25) is 4.79 Å². The normalized spacial score (nSPS) is 10.8. The van der Waals surface area contributed by atoms with Crippen LogP contribution < -0.4 is 4.74 Å². The summed E-state index contributed by atoms with van der Waals surface area (Å²) in [4.78, 5) is 10.7. The number of halogens is 2. The molecule has 1 aromatic heterocycles. The lowest BCUT2D eigenvalue weighted by Gasteiger charge is -2.08. The molecule has 3 aromatic rings. The van der Waals surface area contributed by atoms with E-state index >= 15 is 0 Å². The molecule has 6 nitrogen and oxygen atoms in total. The second kappa shape index (κ2) is 9.41. The molecule has 0 radical (unpaired) electrons. The maximum Gasteiger partial charge on any atom is 0.303 e. The highest BCUT2D eigenvalue weighted by Crippen LogP contribution is 2.34. The molecule has 0 aliphatic rings. The number of carboxylic acid groups (broad SMARTS) is 1. The van der Waals surface area contributed by atoms with E-state index in [4.69, 9.17) is 9.84 Å². The second-order valence-electron chi connectivity index (χ2n) is 6.48. The van der Waals surface area contributed by atoms with E-state index in [1.165, 1.54) is 23.5 Å². The number of carbonyl (C=O) groups is 1. The van der Waals surface area contributed by atoms with Gasteiger partial charge in [0.25, 0.3) is 6.43 Å². The zero-order valence-corrected chi connectivity index (χ0v) is 16.7. The molecule has 0 amide bonds. The van der Waals surface area contributed by atoms with Crippen molar-refractivity contribution in [3.8, 4) is 33.0 Å². The molecule has 3 rings (SSSR count). The second-order valence-corrected chi connectivity index (χ2v) is 7.46. The van der Waals surface area contributed by atoms with Crippen LogP contribution in [-0.2, 0) is 11.2 Å². The van der Waals surface area contributed by atoms with Gasteiger partial charge in [-0.2, -0.15) is 5.26 Å². The van der Waals surface area contributed by atoms with Crippen molar-refractivity contribution in [1.29, 1.82) is 5.26 Å². The Hall–Kier alpha value is -3.38. The van der Waals surface area contributed by atoms with Gasteiger partial charge in [0.2, 0.25) is 0 Å². The average molecular weight is 429 g/mol. The third kappa shape index (κ3) is 5.15. The molecule has 30 heavy (non-hydrogen) atoms. The maximum atomic E-state index is 12.3. The molecule has 9 heteroatoms. The molecule has 0 unspecified atom stereocenters. The summed E-state index contributed by atoms with van der Waals surface area (Å²) in [6, 6.07) is 12.3. The number of aromatic nitrogens is 2. The zero-order valence-electron chi connectivity index (χ0n) is 15.9. The number of aliphatic carboxylic acids is 1. The van der Waals surface area contributed by atoms with Gasteiger partial charge in [-0.15, -0.1) is 10.2 Å². The molecule has 0 saturated carbocycles. The summed E-state index contributed by atoms with van der Waals surface area (Å²) < 4.78 is 29.7. The Labute approximate surface area is 175 Å². The fourth-order valence-corrected chi connectivity index (χ4v) is 3.78. The Morgan fingerprint density at radius 3 is 2.67 bits per heavy atom. The minimum Gasteiger partial charge on any atom is -0.486 e. The molecule has 154 valence electrons. The number of nitrogens with zero attached hydrogens (tertiary/aromatic N) is 3. The third-order valence-electron chi connectivity index (χ3n) is 4.29. The van der Waals surface area contributed by atoms with Gasteiger partial charge in [0.1, 0.15) is 28.4 Å². The number of hydrogen-bond donors (Lipinski definition) is 1. The van der Waals surface area contributed by atoms with Crippen molar-refractivity contribution in [1.82, 2.24) is 10.2 Å². The summed E-state index contributed by atoms with van der Waals surface area (Å²) in [5, 5.41) is 27.8. The van der Waals surface area contributed by atoms with Crippen LogP contribution >= 0.6 is 11.3 Å². The van der Waals surface area contributed by atoms with E-state index in [1.54, 1.807) is 6.07 Å². The van der Waals surface area contributed by atoms with Gasteiger partial charge in [-0.05, 0) is 42.7 Å². The van der Waals surface area contributed by atoms with Crippen LogP contribution in [0.3, 0.4) is 0 Å². The predicted molar refractivity (Wildman–Crippen MR) is 108 cm³/mol. The van der Waals surface area contributed by atoms with Gasteiger partial charge in [-0.25, -0.2) is 8.78 Å². The first-order valence-electron chi connectivity index (χ1n) is 8.98. The first kappa shape index (κ1) is 21.3. The minimum atomic E-state index is -2.62. The van der Waals surface area contributed by atoms with E-state index in [2.05, 4.69) is 10.2 Å². The zero-order chi connectivity index (χ0) is 21.7. The monoisotopic (exact) mass is 429 g/mol. The molecule has 0 bridgehead atoms. The van der Waals surface area contributed by atoms with E-state index < -0.39 is 19.0 Å². The van der Waals surface area contributed by atoms with Gasteiger partial charge < -0.3 is 9.84 Å². The van der Waals surface area contributed by atoms with Crippen molar-refractivity contribution >= 4 is 17.3 Å². The van der Waals surface area contributed by atoms with Crippen LogP contribution in [0.5, 0.6) is 5.75 Å². The Bertz CT molecular complexity index is 1110. The third-order valence-corrected chi connectivity index (χ3v) is 5.29. The van der Waals surface area contributed by atoms with E-state index in [9.17, 15) is 18.8 Å². The summed E-state index contributed by atoms with van der Waals surface area (Å²) >= 11 is 1.33. The molecule has 2 aromatic carbocycles. The number of aryl methyl sites for hydroxylation is 2. The van der Waals surface area contributed by atoms with Gasteiger partial charge in [0, 0.05) is 17.5 Å². The van der Waals surface area contributed by atoms with Crippen LogP contribution in [0.1, 0.15) is 23.1 Å². The fraction of sp³-hybridized carbons (Fsp3) is 0.238. The summed E-state index contributed by atoms with van der Waals surface area (Å²) in [5.41, 5.74) is 3.55. The van der Waals surface area contributed by atoms with Crippen LogP contribution in [0.25, 0.3) is 21.1 Å². The fourth-order valence-electron chi connectivity index (χ4n) is 2.85. The van der Waals surface area contributed by atoms with Crippen molar-refractivity contribution in [2.45, 2.75) is 26.2 Å². The highest BCUT2D eigenvalue weighted by atomic mass is 32.1. The molecule has 0 aliphatic carbocycles. The van der Waals surface area contributed by atoms with Gasteiger partial charge >= 0.3 is 5.97 Å². The van der Waals surface area contributed by atoms with Gasteiger partial charge in [-0.1, -0.05) is 29.5 Å². The molecule has 1 heterocycles. The molecule has 0 saturated heterocycles. The molecule has 0 spiro atoms. The standard InChI is InChI=1S/C21H17F2N3O3S/c1-12-8-13(3-7-19(27)28)2-5-16(12)21-26-25-20(30-21)14-4-6-17(15(9-14)10-24)29-11-18(22)23/h2,4-6,8-9,18H,3,7,11H2,1H3,(H,27,28). The van der Waals surface area contributed by atoms with Crippen molar-refractivity contribution < 1.29 is 23.4 Å². The Kier molecular flexibility index (Phi) is 6.69. The lowest BCUT2D eigenvalue weighted by Crippen LogP contribution is -2.07. The van der Waals surface area contributed by atoms with Crippen molar-refractivity contribution in [3.05, 3.63) is 53.1 Å². The highest BCUT2D eigenvalue weighted by Gasteiger charge is 2.14. The van der Waals surface area contributed by atoms with E-state index in [0.29, 0.717) is 22.0 Å². The SMILES string of the molecule is Cc1cc(CCC(=O)O)ccc1-c1nnc(-c2ccc(OCC(F)F)c(C#N)c2)s1. The number of carboxylic acids is 1. The summed E-state index contributed by atoms with van der Waals surface area (Å²) in [5.74, 6) is -0.744. The number of rotatable bonds is 8. The Balaban J connectivity index is 1.82. The predicted octanol–water partition coefficient (Wildman–Crippen LogP) is 4.71. The lowest BCUT2D eigenvalue weighted by atomic mass is 10.0. The van der Waals surface area contributed by atoms with Crippen molar-refractivity contribution in [3.63, 3.8) is 0 Å². The highest BCUT2D eigenvalue weighted by molar-refractivity contribution is 7.17. The van der Waals surface area contributed by atoms with Crippen LogP contribution in [-0.4, -0.2) is 34.3 Å². The first-order valence-corrected chi connectivity index (χ1v) is 9.79. The van der Waals surface area contributed by atoms with E-state index in [0.717, 1.165) is 16.7 Å². The molecule has 0 aliphatic heterocycles. The maximum absolute atomic E-state index is 12.3. The topological polar surface area (TPSA) is 96.1 Å². The lowest BCUT2D eigenvalue weighted by molar-refractivity contribution is -0.136. The number of nitriles is 1. The number of benzene rings is 2. The Morgan fingerprint density at radius 1 is 1.23 bits per heavy atom. The van der Waals surface area contributed by atoms with Gasteiger partial charge in [0.15, 0.2) is 0 Å². The molecule has 0 atom stereocenters. The van der Waals surface area contributed by atoms with Crippen LogP contribution in [0.4, 0.5) is 8.78 Å². The number of ether oxygens (including phenoxy) is 1. The summed E-state index contributed by atoms with van der Waals surface area (Å²) in [6.07, 6.45) is -2.10. The summed E-state index contributed by atoms with van der Waals surface area (Å²) in [7, 11) is 0. The largest absolute Gasteiger partial charge is 0.486 e. The van der Waals surface area contributed by atoms with Gasteiger partial charge in [0.05, 0.1) is 5.56 Å². The molecule has 1 N–H and O–H groups in total. The number of alkyl halides is 2. The molecule has 0 fully saturated rings. The minimum absolute atomic E-state index is 0.0694. The van der Waals surface area contributed by atoms with E-state index in [-0.39, 0.29) is 17.7 Å². The van der Waals surface area contributed by atoms with Crippen molar-refractivity contribution in [2.24, 2.45) is 0 Å². The van der Waals surface area contributed by atoms with Crippen molar-refractivity contribution in [2.75, 3.05) is 6.61 Å². The van der Waals surface area contributed by atoms with E-state index in [1.807, 2.05) is 31.2 Å². The Morgan fingerprint density at radius 2 is 2.00 bits per heavy atom. The first-order chi connectivity index (χ1) is 14.4. The van der Waals surface area contributed by atoms with Crippen LogP contribution in [0.2, 0.25) is 0 Å². The average Bonchev–Trinajstić information content (AvgIpc) is 3.20. The molecular weight excluding hydrogens is 412 g/mol.